The first-order valence-electron chi connectivity index (χ1n) is 12.1. The highest BCUT2D eigenvalue weighted by Crippen LogP contribution is 2.19. The maximum Gasteiger partial charge on any atom is 0.243 e. The summed E-state index contributed by atoms with van der Waals surface area (Å²) < 4.78 is 0. The second kappa shape index (κ2) is 11.7. The number of amides is 1. The second-order valence-electron chi connectivity index (χ2n) is 9.91. The molecule has 178 valence electrons. The van der Waals surface area contributed by atoms with Gasteiger partial charge in [0.05, 0.1) is 0 Å². The van der Waals surface area contributed by atoms with Crippen molar-refractivity contribution in [3.05, 3.63) is 35.9 Å². The first-order valence-corrected chi connectivity index (χ1v) is 12.1. The van der Waals surface area contributed by atoms with Crippen molar-refractivity contribution in [1.29, 1.82) is 0 Å². The van der Waals surface area contributed by atoms with Crippen LogP contribution in [0.2, 0.25) is 0 Å². The van der Waals surface area contributed by atoms with E-state index in [1.54, 1.807) is 19.0 Å². The molecule has 2 fully saturated rings. The second-order valence-corrected chi connectivity index (χ2v) is 9.91. The molecule has 2 unspecified atom stereocenters. The van der Waals surface area contributed by atoms with E-state index in [0.717, 1.165) is 51.5 Å². The number of nitrogens with zero attached hydrogens (tertiary/aromatic N) is 4. The SMILES string of the molecule is CC1CN(C(C)C)CC1NC(=NCC(=O)N(C)C)NC1CCN(Cc2ccccc2)CC1. The van der Waals surface area contributed by atoms with E-state index in [4.69, 9.17) is 0 Å². The molecule has 2 N–H and O–H groups in total. The largest absolute Gasteiger partial charge is 0.354 e. The normalized spacial score (nSPS) is 23.5. The predicted octanol–water partition coefficient (Wildman–Crippen LogP) is 2.00. The number of benzene rings is 1. The van der Waals surface area contributed by atoms with Gasteiger partial charge in [0.15, 0.2) is 5.96 Å². The minimum absolute atomic E-state index is 0.0204. The highest BCUT2D eigenvalue weighted by atomic mass is 16.2. The van der Waals surface area contributed by atoms with Crippen molar-refractivity contribution < 1.29 is 4.79 Å². The van der Waals surface area contributed by atoms with Gasteiger partial charge in [-0.25, -0.2) is 4.99 Å². The molecule has 0 radical (unpaired) electrons. The Bertz CT molecular complexity index is 742. The van der Waals surface area contributed by atoms with Gasteiger partial charge in [0.2, 0.25) is 5.91 Å². The average molecular weight is 443 g/mol. The first-order chi connectivity index (χ1) is 15.3. The van der Waals surface area contributed by atoms with Crippen LogP contribution >= 0.6 is 0 Å². The molecule has 1 aromatic carbocycles. The smallest absolute Gasteiger partial charge is 0.243 e. The minimum Gasteiger partial charge on any atom is -0.354 e. The number of carbonyl (C=O) groups excluding carboxylic acids is 1. The Morgan fingerprint density at radius 3 is 2.41 bits per heavy atom. The van der Waals surface area contributed by atoms with Crippen LogP contribution in [0.15, 0.2) is 35.3 Å². The molecule has 0 saturated carbocycles. The Morgan fingerprint density at radius 1 is 1.12 bits per heavy atom. The van der Waals surface area contributed by atoms with E-state index in [-0.39, 0.29) is 12.5 Å². The topological polar surface area (TPSA) is 63.2 Å². The highest BCUT2D eigenvalue weighted by Gasteiger charge is 2.32. The zero-order valence-electron chi connectivity index (χ0n) is 20.6. The van der Waals surface area contributed by atoms with Crippen LogP contribution in [0.5, 0.6) is 0 Å². The van der Waals surface area contributed by atoms with Crippen LogP contribution in [-0.2, 0) is 11.3 Å². The molecule has 7 heteroatoms. The standard InChI is InChI=1S/C25H42N6O/c1-19(2)31-16-20(3)23(18-31)28-25(26-15-24(32)29(4)5)27-22-11-13-30(14-12-22)17-21-9-7-6-8-10-21/h6-10,19-20,22-23H,11-18H2,1-5H3,(H2,26,27,28). The molecule has 3 rings (SSSR count). The number of hydrogen-bond donors (Lipinski definition) is 2. The maximum atomic E-state index is 12.1. The summed E-state index contributed by atoms with van der Waals surface area (Å²) in [5, 5.41) is 7.31. The molecule has 1 amide bonds. The summed E-state index contributed by atoms with van der Waals surface area (Å²) in [7, 11) is 3.56. The van der Waals surface area contributed by atoms with Crippen LogP contribution in [-0.4, -0.2) is 91.5 Å². The van der Waals surface area contributed by atoms with Crippen LogP contribution < -0.4 is 10.6 Å². The first kappa shape index (κ1) is 24.5. The highest BCUT2D eigenvalue weighted by molar-refractivity contribution is 5.85. The van der Waals surface area contributed by atoms with Gasteiger partial charge in [0.1, 0.15) is 6.54 Å². The lowest BCUT2D eigenvalue weighted by atomic mass is 10.0. The van der Waals surface area contributed by atoms with Crippen LogP contribution in [0.4, 0.5) is 0 Å². The molecule has 0 bridgehead atoms. The van der Waals surface area contributed by atoms with E-state index in [9.17, 15) is 4.79 Å². The van der Waals surface area contributed by atoms with Gasteiger partial charge in [-0.15, -0.1) is 0 Å². The Balaban J connectivity index is 1.56. The summed E-state index contributed by atoms with van der Waals surface area (Å²) in [6.45, 7) is 12.2. The molecule has 1 aromatic rings. The zero-order chi connectivity index (χ0) is 23.1. The number of carbonyl (C=O) groups is 1. The summed E-state index contributed by atoms with van der Waals surface area (Å²) in [4.78, 5) is 23.4. The fourth-order valence-corrected chi connectivity index (χ4v) is 4.48. The molecule has 2 aliphatic rings. The number of guanidine groups is 1. The summed E-state index contributed by atoms with van der Waals surface area (Å²) in [5.41, 5.74) is 1.37. The van der Waals surface area contributed by atoms with Crippen molar-refractivity contribution >= 4 is 11.9 Å². The molecule has 2 aliphatic heterocycles. The number of aliphatic imine (C=N–C) groups is 1. The summed E-state index contributed by atoms with van der Waals surface area (Å²) in [6.07, 6.45) is 2.15. The van der Waals surface area contributed by atoms with Gasteiger partial charge in [-0.2, -0.15) is 0 Å². The van der Waals surface area contributed by atoms with Crippen molar-refractivity contribution in [1.82, 2.24) is 25.3 Å². The van der Waals surface area contributed by atoms with E-state index < -0.39 is 0 Å². The molecule has 2 atom stereocenters. The van der Waals surface area contributed by atoms with Crippen molar-refractivity contribution in [2.24, 2.45) is 10.9 Å². The number of likely N-dealkylation sites (tertiary alicyclic amines) is 2. The quantitative estimate of drug-likeness (QED) is 0.500. The van der Waals surface area contributed by atoms with E-state index >= 15 is 0 Å². The fraction of sp³-hybridized carbons (Fsp3) is 0.680. The van der Waals surface area contributed by atoms with Gasteiger partial charge in [0, 0.05) is 64.9 Å². The van der Waals surface area contributed by atoms with Crippen molar-refractivity contribution in [2.45, 2.75) is 58.3 Å². The van der Waals surface area contributed by atoms with Crippen molar-refractivity contribution in [3.8, 4) is 0 Å². The monoisotopic (exact) mass is 442 g/mol. The van der Waals surface area contributed by atoms with Crippen molar-refractivity contribution in [3.63, 3.8) is 0 Å². The third-order valence-corrected chi connectivity index (χ3v) is 6.74. The Kier molecular flexibility index (Phi) is 8.93. The third-order valence-electron chi connectivity index (χ3n) is 6.74. The van der Waals surface area contributed by atoms with Crippen LogP contribution in [0.3, 0.4) is 0 Å². The van der Waals surface area contributed by atoms with E-state index in [2.05, 4.69) is 76.5 Å². The van der Waals surface area contributed by atoms with Gasteiger partial charge in [-0.1, -0.05) is 37.3 Å². The minimum atomic E-state index is 0.0204. The van der Waals surface area contributed by atoms with E-state index in [0.29, 0.717) is 24.0 Å². The van der Waals surface area contributed by atoms with Crippen LogP contribution in [0, 0.1) is 5.92 Å². The summed E-state index contributed by atoms with van der Waals surface area (Å²) >= 11 is 0. The average Bonchev–Trinajstić information content (AvgIpc) is 3.14. The molecule has 7 nitrogen and oxygen atoms in total. The van der Waals surface area contributed by atoms with Gasteiger partial charge in [-0.3, -0.25) is 14.6 Å². The summed E-state index contributed by atoms with van der Waals surface area (Å²) in [5.74, 6) is 1.35. The molecular formula is C25H42N6O. The van der Waals surface area contributed by atoms with Gasteiger partial charge < -0.3 is 15.5 Å². The number of rotatable bonds is 7. The fourth-order valence-electron chi connectivity index (χ4n) is 4.48. The molecule has 0 aromatic heterocycles. The predicted molar refractivity (Wildman–Crippen MR) is 132 cm³/mol. The zero-order valence-corrected chi connectivity index (χ0v) is 20.6. The molecule has 2 saturated heterocycles. The van der Waals surface area contributed by atoms with Crippen LogP contribution in [0.1, 0.15) is 39.2 Å². The lowest BCUT2D eigenvalue weighted by Crippen LogP contribution is -2.52. The lowest BCUT2D eigenvalue weighted by Gasteiger charge is -2.33. The maximum absolute atomic E-state index is 12.1. The third kappa shape index (κ3) is 7.20. The van der Waals surface area contributed by atoms with Gasteiger partial charge >= 0.3 is 0 Å². The number of nitrogens with one attached hydrogen (secondary N) is 2. The number of piperidine rings is 1. The van der Waals surface area contributed by atoms with Gasteiger partial charge in [-0.05, 0) is 38.2 Å². The van der Waals surface area contributed by atoms with E-state index in [1.165, 1.54) is 5.56 Å². The molecule has 0 spiro atoms. The molecule has 0 aliphatic carbocycles. The van der Waals surface area contributed by atoms with Crippen molar-refractivity contribution in [2.75, 3.05) is 46.8 Å². The summed E-state index contributed by atoms with van der Waals surface area (Å²) in [6, 6.07) is 11.9. The Labute approximate surface area is 194 Å². The van der Waals surface area contributed by atoms with E-state index in [1.807, 2.05) is 0 Å². The Morgan fingerprint density at radius 2 is 1.81 bits per heavy atom. The van der Waals surface area contributed by atoms with Gasteiger partial charge in [0.25, 0.3) is 0 Å². The van der Waals surface area contributed by atoms with Crippen LogP contribution in [0.25, 0.3) is 0 Å². The lowest BCUT2D eigenvalue weighted by molar-refractivity contribution is -0.127. The Hall–Kier alpha value is -2.12. The number of likely N-dealkylation sites (N-methyl/N-ethyl adjacent to an activating group) is 1. The molecular weight excluding hydrogens is 400 g/mol. The molecule has 2 heterocycles. The number of hydrogen-bond acceptors (Lipinski definition) is 4. The molecule has 32 heavy (non-hydrogen) atoms.